The van der Waals surface area contributed by atoms with Gasteiger partial charge in [0.25, 0.3) is 17.7 Å². The van der Waals surface area contributed by atoms with Gasteiger partial charge in [0.2, 0.25) is 0 Å². The molecule has 2 saturated heterocycles. The summed E-state index contributed by atoms with van der Waals surface area (Å²) in [5.74, 6) is -3.30. The van der Waals surface area contributed by atoms with Crippen molar-refractivity contribution in [3.05, 3.63) is 12.3 Å². The third-order valence-electron chi connectivity index (χ3n) is 3.07. The number of nitrogens with zero attached hydrogens (tertiary/aromatic N) is 2. The molecule has 0 N–H and O–H groups in total. The van der Waals surface area contributed by atoms with Crippen molar-refractivity contribution >= 4 is 29.7 Å². The number of amides is 3. The largest absolute Gasteiger partial charge is 0.334 e. The number of hydroxylamine groups is 4. The highest BCUT2D eigenvalue weighted by atomic mass is 16.7. The highest BCUT2D eigenvalue weighted by molar-refractivity contribution is 6.01. The van der Waals surface area contributed by atoms with Crippen LogP contribution in [-0.4, -0.2) is 39.8 Å². The highest BCUT2D eigenvalue weighted by Gasteiger charge is 2.33. The van der Waals surface area contributed by atoms with Crippen molar-refractivity contribution in [1.82, 2.24) is 10.1 Å². The summed E-state index contributed by atoms with van der Waals surface area (Å²) in [6, 6.07) is 0. The first kappa shape index (κ1) is 15.7. The van der Waals surface area contributed by atoms with E-state index in [9.17, 15) is 24.0 Å². The van der Waals surface area contributed by atoms with Gasteiger partial charge in [-0.1, -0.05) is 6.58 Å². The maximum Gasteiger partial charge on any atom is 0.333 e. The second-order valence-electron chi connectivity index (χ2n) is 4.76. The molecule has 0 saturated carbocycles. The predicted molar refractivity (Wildman–Crippen MR) is 67.7 cm³/mol. The van der Waals surface area contributed by atoms with Crippen LogP contribution in [0.2, 0.25) is 0 Å². The van der Waals surface area contributed by atoms with E-state index in [1.54, 1.807) is 0 Å². The van der Waals surface area contributed by atoms with Crippen LogP contribution < -0.4 is 0 Å². The first-order chi connectivity index (χ1) is 10.4. The summed E-state index contributed by atoms with van der Waals surface area (Å²) in [4.78, 5) is 66.3. The number of imide groups is 1. The lowest BCUT2D eigenvalue weighted by Crippen LogP contribution is -2.32. The van der Waals surface area contributed by atoms with Gasteiger partial charge in [-0.05, 0) is 6.42 Å². The van der Waals surface area contributed by atoms with Crippen molar-refractivity contribution in [2.24, 2.45) is 0 Å². The van der Waals surface area contributed by atoms with Crippen molar-refractivity contribution < 1.29 is 33.6 Å². The molecule has 2 aliphatic rings. The molecule has 22 heavy (non-hydrogen) atoms. The Morgan fingerprint density at radius 2 is 1.23 bits per heavy atom. The maximum atomic E-state index is 11.5. The van der Waals surface area contributed by atoms with Crippen LogP contribution in [0.5, 0.6) is 0 Å². The Bertz CT molecular complexity index is 487. The summed E-state index contributed by atoms with van der Waals surface area (Å²) >= 11 is 0. The zero-order chi connectivity index (χ0) is 16.3. The average molecular weight is 310 g/mol. The molecule has 2 rings (SSSR count). The molecule has 2 heterocycles. The summed E-state index contributed by atoms with van der Waals surface area (Å²) in [6.07, 6.45) is -0.127. The lowest BCUT2D eigenvalue weighted by Gasteiger charge is -2.16. The molecule has 2 fully saturated rings. The van der Waals surface area contributed by atoms with E-state index < -0.39 is 23.8 Å². The molecule has 0 aliphatic carbocycles. The van der Waals surface area contributed by atoms with Gasteiger partial charge >= 0.3 is 11.9 Å². The van der Waals surface area contributed by atoms with Gasteiger partial charge in [0.1, 0.15) is 0 Å². The molecule has 9 heteroatoms. The molecule has 118 valence electrons. The average Bonchev–Trinajstić information content (AvgIpc) is 2.95. The van der Waals surface area contributed by atoms with Gasteiger partial charge in [-0.2, -0.15) is 0 Å². The van der Waals surface area contributed by atoms with Crippen LogP contribution in [0.1, 0.15) is 38.5 Å². The summed E-state index contributed by atoms with van der Waals surface area (Å²) in [5.41, 5.74) is 0.370. The lowest BCUT2D eigenvalue weighted by molar-refractivity contribution is -0.199. The van der Waals surface area contributed by atoms with Crippen molar-refractivity contribution in [2.75, 3.05) is 0 Å². The van der Waals surface area contributed by atoms with Crippen LogP contribution in [0.3, 0.4) is 0 Å². The second kappa shape index (κ2) is 6.37. The summed E-state index contributed by atoms with van der Waals surface area (Å²) in [7, 11) is 0. The van der Waals surface area contributed by atoms with Crippen molar-refractivity contribution in [3.8, 4) is 0 Å². The van der Waals surface area contributed by atoms with Gasteiger partial charge in [-0.3, -0.25) is 14.4 Å². The molecular formula is C13H14N2O7. The molecule has 0 bridgehead atoms. The van der Waals surface area contributed by atoms with Crippen molar-refractivity contribution in [3.63, 3.8) is 0 Å². The van der Waals surface area contributed by atoms with E-state index in [-0.39, 0.29) is 38.0 Å². The minimum Gasteiger partial charge on any atom is -0.334 e. The molecule has 0 aromatic carbocycles. The Kier molecular flexibility index (Phi) is 4.54. The van der Waals surface area contributed by atoms with E-state index in [1.165, 1.54) is 0 Å². The Morgan fingerprint density at radius 1 is 0.818 bits per heavy atom. The van der Waals surface area contributed by atoms with E-state index in [0.29, 0.717) is 17.2 Å². The van der Waals surface area contributed by atoms with E-state index in [0.717, 1.165) is 5.06 Å². The monoisotopic (exact) mass is 310 g/mol. The topological polar surface area (TPSA) is 110 Å². The van der Waals surface area contributed by atoms with Gasteiger partial charge < -0.3 is 9.68 Å². The predicted octanol–water partition coefficient (Wildman–Crippen LogP) is -0.0319. The number of hydrogen-bond acceptors (Lipinski definition) is 7. The molecule has 9 nitrogen and oxygen atoms in total. The number of rotatable bonds is 5. The number of allylic oxidation sites excluding steroid dienone is 1. The Morgan fingerprint density at radius 3 is 1.68 bits per heavy atom. The molecule has 0 atom stereocenters. The fourth-order valence-corrected chi connectivity index (χ4v) is 1.90. The van der Waals surface area contributed by atoms with E-state index >= 15 is 0 Å². The van der Waals surface area contributed by atoms with Gasteiger partial charge in [0, 0.05) is 19.3 Å². The summed E-state index contributed by atoms with van der Waals surface area (Å²) in [5, 5.41) is 1.21. The van der Waals surface area contributed by atoms with Gasteiger partial charge in [0.15, 0.2) is 0 Å². The number of carbonyl (C=O) groups is 5. The fraction of sp³-hybridized carbons (Fsp3) is 0.462. The van der Waals surface area contributed by atoms with E-state index in [2.05, 4.69) is 11.4 Å². The molecule has 0 spiro atoms. The summed E-state index contributed by atoms with van der Waals surface area (Å²) < 4.78 is 0. The standard InChI is InChI=1S/C13H14N2O7/c1-8-2-3-9(16)14(8)21-12(19)6-7-13(20)22-15-10(17)4-5-11(15)18/h1-7H2. The van der Waals surface area contributed by atoms with Gasteiger partial charge in [0.05, 0.1) is 18.5 Å². The Balaban J connectivity index is 1.75. The highest BCUT2D eigenvalue weighted by Crippen LogP contribution is 2.21. The zero-order valence-electron chi connectivity index (χ0n) is 11.7. The SMILES string of the molecule is C=C1CCC(=O)N1OC(=O)CCC(=O)ON1C(=O)CCC1=O. The molecule has 0 unspecified atom stereocenters. The maximum absolute atomic E-state index is 11.5. The molecule has 0 aromatic rings. The van der Waals surface area contributed by atoms with Crippen LogP contribution >= 0.6 is 0 Å². The lowest BCUT2D eigenvalue weighted by atomic mass is 10.3. The Hall–Kier alpha value is -2.71. The van der Waals surface area contributed by atoms with Crippen molar-refractivity contribution in [1.29, 1.82) is 0 Å². The van der Waals surface area contributed by atoms with E-state index in [4.69, 9.17) is 4.84 Å². The van der Waals surface area contributed by atoms with Crippen LogP contribution in [-0.2, 0) is 33.6 Å². The number of carbonyl (C=O) groups excluding carboxylic acids is 5. The van der Waals surface area contributed by atoms with Crippen LogP contribution in [0.25, 0.3) is 0 Å². The normalized spacial score (nSPS) is 18.2. The molecular weight excluding hydrogens is 296 g/mol. The quantitative estimate of drug-likeness (QED) is 0.655. The smallest absolute Gasteiger partial charge is 0.333 e. The third kappa shape index (κ3) is 3.48. The zero-order valence-corrected chi connectivity index (χ0v) is 11.7. The second-order valence-corrected chi connectivity index (χ2v) is 4.76. The fourth-order valence-electron chi connectivity index (χ4n) is 1.90. The third-order valence-corrected chi connectivity index (χ3v) is 3.07. The van der Waals surface area contributed by atoms with E-state index in [1.807, 2.05) is 0 Å². The molecule has 3 amide bonds. The van der Waals surface area contributed by atoms with Gasteiger partial charge in [-0.25, -0.2) is 9.59 Å². The molecule has 0 radical (unpaired) electrons. The van der Waals surface area contributed by atoms with Crippen LogP contribution in [0.4, 0.5) is 0 Å². The Labute approximate surface area is 125 Å². The van der Waals surface area contributed by atoms with Crippen LogP contribution in [0.15, 0.2) is 12.3 Å². The first-order valence-electron chi connectivity index (χ1n) is 6.66. The van der Waals surface area contributed by atoms with Crippen molar-refractivity contribution in [2.45, 2.75) is 38.5 Å². The summed E-state index contributed by atoms with van der Waals surface area (Å²) in [6.45, 7) is 3.57. The van der Waals surface area contributed by atoms with Crippen LogP contribution in [0, 0.1) is 0 Å². The molecule has 0 aromatic heterocycles. The minimum atomic E-state index is -0.910. The minimum absolute atomic E-state index is 0.00661. The number of hydrogen-bond donors (Lipinski definition) is 0. The van der Waals surface area contributed by atoms with Gasteiger partial charge in [-0.15, -0.1) is 10.1 Å². The first-order valence-corrected chi connectivity index (χ1v) is 6.66. The molecule has 2 aliphatic heterocycles.